The Bertz CT molecular complexity index is 841. The SMILES string of the molecule is CC(C)n1ncc2cc(NC(=O)N[C@H](C)c3ccccc3)cnc21. The number of urea groups is 1. The number of hydrogen-bond donors (Lipinski definition) is 2. The van der Waals surface area contributed by atoms with Crippen LogP contribution in [0, 0.1) is 0 Å². The number of fused-ring (bicyclic) bond motifs is 1. The number of hydrogen-bond acceptors (Lipinski definition) is 3. The van der Waals surface area contributed by atoms with E-state index in [-0.39, 0.29) is 18.1 Å². The maximum absolute atomic E-state index is 12.2. The molecule has 0 spiro atoms. The summed E-state index contributed by atoms with van der Waals surface area (Å²) in [5.41, 5.74) is 2.51. The Kier molecular flexibility index (Phi) is 4.46. The van der Waals surface area contributed by atoms with Crippen molar-refractivity contribution in [2.24, 2.45) is 0 Å². The van der Waals surface area contributed by atoms with Crippen LogP contribution in [0.5, 0.6) is 0 Å². The van der Waals surface area contributed by atoms with Gasteiger partial charge in [-0.3, -0.25) is 0 Å². The third kappa shape index (κ3) is 3.37. The molecule has 6 heteroatoms. The highest BCUT2D eigenvalue weighted by Crippen LogP contribution is 2.19. The molecule has 6 nitrogen and oxygen atoms in total. The number of amides is 2. The number of benzene rings is 1. The summed E-state index contributed by atoms with van der Waals surface area (Å²) in [6.45, 7) is 6.06. The molecule has 0 saturated heterocycles. The van der Waals surface area contributed by atoms with Gasteiger partial charge in [0.25, 0.3) is 0 Å². The van der Waals surface area contributed by atoms with Gasteiger partial charge in [0.15, 0.2) is 5.65 Å². The number of aromatic nitrogens is 3. The van der Waals surface area contributed by atoms with Crippen molar-refractivity contribution in [3.05, 3.63) is 54.4 Å². The molecule has 2 N–H and O–H groups in total. The van der Waals surface area contributed by atoms with Gasteiger partial charge in [-0.05, 0) is 32.4 Å². The van der Waals surface area contributed by atoms with E-state index in [9.17, 15) is 4.79 Å². The van der Waals surface area contributed by atoms with E-state index in [1.54, 1.807) is 12.4 Å². The van der Waals surface area contributed by atoms with Crippen LogP contribution in [0.1, 0.15) is 38.4 Å². The molecule has 2 aromatic heterocycles. The lowest BCUT2D eigenvalue weighted by molar-refractivity contribution is 0.249. The summed E-state index contributed by atoms with van der Waals surface area (Å²) in [4.78, 5) is 16.6. The topological polar surface area (TPSA) is 71.8 Å². The number of rotatable bonds is 4. The Balaban J connectivity index is 1.69. The van der Waals surface area contributed by atoms with Gasteiger partial charge < -0.3 is 10.6 Å². The van der Waals surface area contributed by atoms with Crippen LogP contribution in [0.3, 0.4) is 0 Å². The molecule has 2 heterocycles. The fourth-order valence-electron chi connectivity index (χ4n) is 2.58. The Labute approximate surface area is 140 Å². The van der Waals surface area contributed by atoms with Gasteiger partial charge in [-0.25, -0.2) is 14.5 Å². The second-order valence-corrected chi connectivity index (χ2v) is 6.05. The first kappa shape index (κ1) is 16.0. The zero-order valence-corrected chi connectivity index (χ0v) is 14.0. The maximum atomic E-state index is 12.2. The number of carbonyl (C=O) groups excluding carboxylic acids is 1. The summed E-state index contributed by atoms with van der Waals surface area (Å²) in [6.07, 6.45) is 3.41. The van der Waals surface area contributed by atoms with Crippen LogP contribution in [0.4, 0.5) is 10.5 Å². The van der Waals surface area contributed by atoms with E-state index in [1.807, 2.05) is 48.0 Å². The molecule has 0 fully saturated rings. The van der Waals surface area contributed by atoms with E-state index < -0.39 is 0 Å². The summed E-state index contributed by atoms with van der Waals surface area (Å²) in [5.74, 6) is 0. The third-order valence-electron chi connectivity index (χ3n) is 3.83. The molecular weight excluding hydrogens is 302 g/mol. The fourth-order valence-corrected chi connectivity index (χ4v) is 2.58. The van der Waals surface area contributed by atoms with Gasteiger partial charge in [-0.15, -0.1) is 0 Å². The molecule has 0 saturated carbocycles. The highest BCUT2D eigenvalue weighted by Gasteiger charge is 2.11. The first-order valence-electron chi connectivity index (χ1n) is 8.00. The highest BCUT2D eigenvalue weighted by atomic mass is 16.2. The van der Waals surface area contributed by atoms with Crippen molar-refractivity contribution < 1.29 is 4.79 Å². The number of nitrogens with one attached hydrogen (secondary N) is 2. The number of pyridine rings is 1. The quantitative estimate of drug-likeness (QED) is 0.765. The highest BCUT2D eigenvalue weighted by molar-refractivity contribution is 5.91. The van der Waals surface area contributed by atoms with Crippen LogP contribution < -0.4 is 10.6 Å². The molecule has 0 aliphatic heterocycles. The summed E-state index contributed by atoms with van der Waals surface area (Å²) >= 11 is 0. The summed E-state index contributed by atoms with van der Waals surface area (Å²) in [5, 5.41) is 11.0. The summed E-state index contributed by atoms with van der Waals surface area (Å²) < 4.78 is 1.86. The lowest BCUT2D eigenvalue weighted by Crippen LogP contribution is -2.31. The van der Waals surface area contributed by atoms with Crippen molar-refractivity contribution in [3.63, 3.8) is 0 Å². The molecule has 0 radical (unpaired) electrons. The average Bonchev–Trinajstić information content (AvgIpc) is 2.99. The minimum atomic E-state index is -0.260. The van der Waals surface area contributed by atoms with Crippen molar-refractivity contribution in [2.75, 3.05) is 5.32 Å². The van der Waals surface area contributed by atoms with Gasteiger partial charge in [0, 0.05) is 11.4 Å². The second kappa shape index (κ2) is 6.70. The predicted molar refractivity (Wildman–Crippen MR) is 94.9 cm³/mol. The Morgan fingerprint density at radius 2 is 1.88 bits per heavy atom. The van der Waals surface area contributed by atoms with E-state index in [4.69, 9.17) is 0 Å². The molecule has 1 aromatic carbocycles. The van der Waals surface area contributed by atoms with Crippen LogP contribution in [0.25, 0.3) is 11.0 Å². The van der Waals surface area contributed by atoms with Crippen LogP contribution in [0.15, 0.2) is 48.8 Å². The predicted octanol–water partition coefficient (Wildman–Crippen LogP) is 3.89. The molecule has 0 aliphatic rings. The molecule has 0 aliphatic carbocycles. The van der Waals surface area contributed by atoms with E-state index in [0.29, 0.717) is 5.69 Å². The van der Waals surface area contributed by atoms with Crippen molar-refractivity contribution in [1.82, 2.24) is 20.1 Å². The van der Waals surface area contributed by atoms with Gasteiger partial charge >= 0.3 is 6.03 Å². The third-order valence-corrected chi connectivity index (χ3v) is 3.83. The van der Waals surface area contributed by atoms with E-state index in [0.717, 1.165) is 16.6 Å². The Morgan fingerprint density at radius 3 is 2.58 bits per heavy atom. The number of nitrogens with zero attached hydrogens (tertiary/aromatic N) is 3. The maximum Gasteiger partial charge on any atom is 0.319 e. The van der Waals surface area contributed by atoms with E-state index >= 15 is 0 Å². The van der Waals surface area contributed by atoms with Gasteiger partial charge in [0.1, 0.15) is 0 Å². The lowest BCUT2D eigenvalue weighted by atomic mass is 10.1. The molecule has 2 amide bonds. The van der Waals surface area contributed by atoms with E-state index in [1.165, 1.54) is 0 Å². The first-order chi connectivity index (χ1) is 11.5. The lowest BCUT2D eigenvalue weighted by Gasteiger charge is -2.15. The minimum absolute atomic E-state index is 0.0772. The first-order valence-corrected chi connectivity index (χ1v) is 8.00. The fraction of sp³-hybridized carbons (Fsp3) is 0.278. The Morgan fingerprint density at radius 1 is 1.12 bits per heavy atom. The number of anilines is 1. The molecule has 1 atom stereocenters. The monoisotopic (exact) mass is 323 g/mol. The smallest absolute Gasteiger partial charge is 0.319 e. The largest absolute Gasteiger partial charge is 0.331 e. The molecule has 3 aromatic rings. The molecule has 124 valence electrons. The zero-order valence-electron chi connectivity index (χ0n) is 14.0. The molecular formula is C18H21N5O. The molecule has 24 heavy (non-hydrogen) atoms. The van der Waals surface area contributed by atoms with Gasteiger partial charge in [0.05, 0.1) is 24.1 Å². The van der Waals surface area contributed by atoms with Crippen molar-refractivity contribution >= 4 is 22.8 Å². The summed E-state index contributed by atoms with van der Waals surface area (Å²) in [6, 6.07) is 11.6. The summed E-state index contributed by atoms with van der Waals surface area (Å²) in [7, 11) is 0. The molecule has 0 bridgehead atoms. The van der Waals surface area contributed by atoms with Gasteiger partial charge in [-0.1, -0.05) is 30.3 Å². The molecule has 3 rings (SSSR count). The Hall–Kier alpha value is -2.89. The van der Waals surface area contributed by atoms with Crippen molar-refractivity contribution in [3.8, 4) is 0 Å². The van der Waals surface area contributed by atoms with Crippen LogP contribution in [0.2, 0.25) is 0 Å². The second-order valence-electron chi connectivity index (χ2n) is 6.05. The normalized spacial score (nSPS) is 12.3. The van der Waals surface area contributed by atoms with Crippen molar-refractivity contribution in [1.29, 1.82) is 0 Å². The minimum Gasteiger partial charge on any atom is -0.331 e. The van der Waals surface area contributed by atoms with Crippen LogP contribution >= 0.6 is 0 Å². The van der Waals surface area contributed by atoms with Crippen molar-refractivity contribution in [2.45, 2.75) is 32.9 Å². The van der Waals surface area contributed by atoms with Crippen LogP contribution in [-0.2, 0) is 0 Å². The van der Waals surface area contributed by atoms with E-state index in [2.05, 4.69) is 34.6 Å². The van der Waals surface area contributed by atoms with Crippen LogP contribution in [-0.4, -0.2) is 20.8 Å². The number of carbonyl (C=O) groups is 1. The molecule has 0 unspecified atom stereocenters. The standard InChI is InChI=1S/C18H21N5O/c1-12(2)23-17-15(10-20-23)9-16(11-19-17)22-18(24)21-13(3)14-7-5-4-6-8-14/h4-13H,1-3H3,(H2,21,22,24)/t13-/m1/s1. The zero-order chi connectivity index (χ0) is 17.1. The van der Waals surface area contributed by atoms with Gasteiger partial charge in [-0.2, -0.15) is 5.10 Å². The average molecular weight is 323 g/mol. The van der Waals surface area contributed by atoms with Gasteiger partial charge in [0.2, 0.25) is 0 Å².